The van der Waals surface area contributed by atoms with Crippen LogP contribution in [0.3, 0.4) is 0 Å². The van der Waals surface area contributed by atoms with Gasteiger partial charge in [-0.05, 0) is 17.7 Å². The van der Waals surface area contributed by atoms with Crippen molar-refractivity contribution in [3.63, 3.8) is 0 Å². The van der Waals surface area contributed by atoms with Crippen molar-refractivity contribution in [3.05, 3.63) is 39.9 Å². The van der Waals surface area contributed by atoms with E-state index in [1.54, 1.807) is 6.92 Å². The Morgan fingerprint density at radius 1 is 1.42 bits per heavy atom. The van der Waals surface area contributed by atoms with E-state index in [1.807, 2.05) is 43.0 Å². The van der Waals surface area contributed by atoms with Gasteiger partial charge in [0.15, 0.2) is 0 Å². The third-order valence-corrected chi connectivity index (χ3v) is 3.47. The quantitative estimate of drug-likeness (QED) is 0.340. The third-order valence-electron chi connectivity index (χ3n) is 3.47. The number of likely N-dealkylation sites (N-methyl/N-ethyl adjacent to an activating group) is 1. The van der Waals surface area contributed by atoms with Gasteiger partial charge in [-0.25, -0.2) is 4.90 Å². The maximum atomic E-state index is 11.5. The van der Waals surface area contributed by atoms with Crippen LogP contribution >= 0.6 is 0 Å². The molecule has 0 aromatic heterocycles. The van der Waals surface area contributed by atoms with Crippen LogP contribution in [0.15, 0.2) is 24.3 Å². The molecule has 0 aliphatic carbocycles. The minimum Gasteiger partial charge on any atom is -0.324 e. The highest BCUT2D eigenvalue weighted by atomic mass is 16.6. The van der Waals surface area contributed by atoms with E-state index in [0.29, 0.717) is 19.5 Å². The second kappa shape index (κ2) is 6.49. The molecule has 0 heterocycles. The van der Waals surface area contributed by atoms with Crippen molar-refractivity contribution < 1.29 is 4.92 Å². The Labute approximate surface area is 113 Å². The number of nitrogens with zero attached hydrogens (tertiary/aromatic N) is 2. The molecule has 0 aliphatic heterocycles. The highest BCUT2D eigenvalue weighted by Gasteiger charge is 2.42. The molecule has 1 aromatic carbocycles. The molecule has 19 heavy (non-hydrogen) atoms. The predicted molar refractivity (Wildman–Crippen MR) is 76.3 cm³/mol. The molecule has 0 radical (unpaired) electrons. The Balaban J connectivity index is 3.04. The molecule has 0 spiro atoms. The van der Waals surface area contributed by atoms with E-state index in [4.69, 9.17) is 5.84 Å². The lowest BCUT2D eigenvalue weighted by Crippen LogP contribution is -2.53. The van der Waals surface area contributed by atoms with Crippen LogP contribution in [0.2, 0.25) is 0 Å². The molecule has 1 atom stereocenters. The summed E-state index contributed by atoms with van der Waals surface area (Å²) in [6, 6.07) is 7.38. The summed E-state index contributed by atoms with van der Waals surface area (Å²) in [5.41, 5.74) is 3.10. The summed E-state index contributed by atoms with van der Waals surface area (Å²) in [6.07, 6.45) is 0.344. The van der Waals surface area contributed by atoms with E-state index in [0.717, 1.165) is 11.3 Å². The van der Waals surface area contributed by atoms with E-state index < -0.39 is 5.66 Å². The number of nitro groups is 1. The first kappa shape index (κ1) is 15.4. The van der Waals surface area contributed by atoms with Gasteiger partial charge in [-0.15, -0.1) is 0 Å². The van der Waals surface area contributed by atoms with Crippen LogP contribution < -0.4 is 11.3 Å². The molecule has 0 amide bonds. The van der Waals surface area contributed by atoms with Gasteiger partial charge in [0.05, 0.1) is 6.42 Å². The summed E-state index contributed by atoms with van der Waals surface area (Å²) in [5, 5.41) is 11.5. The van der Waals surface area contributed by atoms with E-state index in [2.05, 4.69) is 5.43 Å². The van der Waals surface area contributed by atoms with Gasteiger partial charge < -0.3 is 5.43 Å². The van der Waals surface area contributed by atoms with E-state index in [-0.39, 0.29) is 4.92 Å². The fraction of sp³-hybridized carbons (Fsp3) is 0.538. The summed E-state index contributed by atoms with van der Waals surface area (Å²) in [6.45, 7) is 6.82. The number of hydrogen-bond donors (Lipinski definition) is 2. The number of nitrogen functional groups attached to an aromatic ring is 1. The summed E-state index contributed by atoms with van der Waals surface area (Å²) in [4.78, 5) is 13.1. The van der Waals surface area contributed by atoms with Gasteiger partial charge in [-0.3, -0.25) is 16.0 Å². The smallest absolute Gasteiger partial charge is 0.278 e. The second-order valence-electron chi connectivity index (χ2n) is 4.67. The first-order valence-electron chi connectivity index (χ1n) is 6.43. The van der Waals surface area contributed by atoms with Crippen molar-refractivity contribution >= 4 is 5.69 Å². The SMILES string of the molecule is CCN(CC)C(C)(Cc1cccc(NN)c1)[N+](=O)[O-]. The molecule has 1 aromatic rings. The van der Waals surface area contributed by atoms with Crippen LogP contribution in [0.1, 0.15) is 26.3 Å². The largest absolute Gasteiger partial charge is 0.324 e. The molecular weight excluding hydrogens is 244 g/mol. The van der Waals surface area contributed by atoms with Gasteiger partial charge in [-0.1, -0.05) is 26.0 Å². The average molecular weight is 266 g/mol. The lowest BCUT2D eigenvalue weighted by atomic mass is 9.99. The van der Waals surface area contributed by atoms with E-state index in [9.17, 15) is 10.1 Å². The molecule has 0 bridgehead atoms. The summed E-state index contributed by atoms with van der Waals surface area (Å²) < 4.78 is 0. The minimum absolute atomic E-state index is 0.206. The molecule has 0 saturated carbocycles. The molecule has 0 fully saturated rings. The molecule has 0 aliphatic rings. The molecule has 1 rings (SSSR count). The molecule has 6 heteroatoms. The van der Waals surface area contributed by atoms with Gasteiger partial charge in [0.25, 0.3) is 5.66 Å². The van der Waals surface area contributed by atoms with Crippen molar-refractivity contribution in [1.82, 2.24) is 4.90 Å². The van der Waals surface area contributed by atoms with Crippen molar-refractivity contribution in [1.29, 1.82) is 0 Å². The van der Waals surface area contributed by atoms with Gasteiger partial charge in [0, 0.05) is 30.6 Å². The molecule has 106 valence electrons. The van der Waals surface area contributed by atoms with Crippen LogP contribution in [0, 0.1) is 10.1 Å². The van der Waals surface area contributed by atoms with Crippen molar-refractivity contribution in [2.45, 2.75) is 32.9 Å². The zero-order valence-electron chi connectivity index (χ0n) is 11.7. The zero-order chi connectivity index (χ0) is 14.5. The number of rotatable bonds is 7. The lowest BCUT2D eigenvalue weighted by molar-refractivity contribution is -0.596. The summed E-state index contributed by atoms with van der Waals surface area (Å²) >= 11 is 0. The first-order valence-corrected chi connectivity index (χ1v) is 6.43. The molecule has 6 nitrogen and oxygen atoms in total. The number of hydrogen-bond acceptors (Lipinski definition) is 5. The van der Waals surface area contributed by atoms with E-state index in [1.165, 1.54) is 0 Å². The predicted octanol–water partition coefficient (Wildman–Crippen LogP) is 1.85. The van der Waals surface area contributed by atoms with Gasteiger partial charge >= 0.3 is 0 Å². The fourth-order valence-corrected chi connectivity index (χ4v) is 2.35. The lowest BCUT2D eigenvalue weighted by Gasteiger charge is -2.32. The standard InChI is InChI=1S/C13H22N4O2/c1-4-16(5-2)13(3,17(18)19)10-11-7-6-8-12(9-11)15-14/h6-9,15H,4-5,10,14H2,1-3H3. The highest BCUT2D eigenvalue weighted by molar-refractivity contribution is 5.44. The molecule has 3 N–H and O–H groups in total. The topological polar surface area (TPSA) is 84.4 Å². The Morgan fingerprint density at radius 2 is 2.05 bits per heavy atom. The van der Waals surface area contributed by atoms with Gasteiger partial charge in [0.2, 0.25) is 0 Å². The van der Waals surface area contributed by atoms with Crippen LogP contribution in [-0.2, 0) is 6.42 Å². The van der Waals surface area contributed by atoms with Crippen LogP contribution in [0.25, 0.3) is 0 Å². The Bertz CT molecular complexity index is 434. The van der Waals surface area contributed by atoms with Crippen molar-refractivity contribution in [2.24, 2.45) is 5.84 Å². The summed E-state index contributed by atoms with van der Waals surface area (Å²) in [7, 11) is 0. The van der Waals surface area contributed by atoms with Crippen molar-refractivity contribution in [2.75, 3.05) is 18.5 Å². The number of nitrogens with two attached hydrogens (primary N) is 1. The fourth-order valence-electron chi connectivity index (χ4n) is 2.35. The van der Waals surface area contributed by atoms with Crippen molar-refractivity contribution in [3.8, 4) is 0 Å². The monoisotopic (exact) mass is 266 g/mol. The maximum Gasteiger partial charge on any atom is 0.278 e. The average Bonchev–Trinajstić information content (AvgIpc) is 2.40. The maximum absolute atomic E-state index is 11.5. The van der Waals surface area contributed by atoms with Gasteiger partial charge in [-0.2, -0.15) is 0 Å². The zero-order valence-corrected chi connectivity index (χ0v) is 11.7. The second-order valence-corrected chi connectivity index (χ2v) is 4.67. The molecule has 1 unspecified atom stereocenters. The highest BCUT2D eigenvalue weighted by Crippen LogP contribution is 2.23. The van der Waals surface area contributed by atoms with Crippen LogP contribution in [0.4, 0.5) is 5.69 Å². The first-order chi connectivity index (χ1) is 8.97. The summed E-state index contributed by atoms with van der Waals surface area (Å²) in [5.74, 6) is 5.36. The Hall–Kier alpha value is -1.66. The molecular formula is C13H22N4O2. The Morgan fingerprint density at radius 3 is 2.53 bits per heavy atom. The Kier molecular flexibility index (Phi) is 5.26. The van der Waals surface area contributed by atoms with Gasteiger partial charge in [0.1, 0.15) is 0 Å². The molecule has 0 saturated heterocycles. The number of nitrogens with one attached hydrogen (secondary N) is 1. The van der Waals surface area contributed by atoms with Crippen LogP contribution in [0.5, 0.6) is 0 Å². The third kappa shape index (κ3) is 3.42. The number of benzene rings is 1. The normalized spacial score (nSPS) is 14.2. The van der Waals surface area contributed by atoms with Crippen LogP contribution in [-0.4, -0.2) is 28.6 Å². The number of hydrazine groups is 1. The van der Waals surface area contributed by atoms with E-state index >= 15 is 0 Å². The number of anilines is 1. The minimum atomic E-state index is -1.10.